The maximum Gasteiger partial charge on any atom is 0.340 e. The van der Waals surface area contributed by atoms with E-state index >= 15 is 0 Å². The molecule has 1 aromatic carbocycles. The van der Waals surface area contributed by atoms with Gasteiger partial charge in [0.05, 0.1) is 31.2 Å². The molecule has 8 nitrogen and oxygen atoms in total. The summed E-state index contributed by atoms with van der Waals surface area (Å²) in [6.07, 6.45) is 0. The fourth-order valence-electron chi connectivity index (χ4n) is 3.23. The standard InChI is InChI=1S/C21H25N3O5/c1-12-14-15(19(25)27-5)16(20(26)28-6)17(22-21(2,3)4)29-18(14)24(23-12)13-10-8-7-9-11-13/h7-11,15,22H,1-6H3. The monoisotopic (exact) mass is 399 g/mol. The van der Waals surface area contributed by atoms with Crippen LogP contribution in [0.5, 0.6) is 5.88 Å². The molecular weight excluding hydrogens is 374 g/mol. The molecular formula is C21H25N3O5. The van der Waals surface area contributed by atoms with Crippen LogP contribution in [0.1, 0.15) is 37.9 Å². The van der Waals surface area contributed by atoms with E-state index < -0.39 is 23.4 Å². The van der Waals surface area contributed by atoms with Crippen LogP contribution >= 0.6 is 0 Å². The average molecular weight is 399 g/mol. The number of esters is 2. The quantitative estimate of drug-likeness (QED) is 0.790. The number of aryl methyl sites for hydroxylation is 1. The van der Waals surface area contributed by atoms with E-state index in [0.717, 1.165) is 5.69 Å². The number of hydrogen-bond acceptors (Lipinski definition) is 7. The van der Waals surface area contributed by atoms with Crippen molar-refractivity contribution in [3.8, 4) is 11.6 Å². The van der Waals surface area contributed by atoms with Gasteiger partial charge in [-0.1, -0.05) is 18.2 Å². The van der Waals surface area contributed by atoms with Gasteiger partial charge in [0, 0.05) is 5.54 Å². The molecule has 0 fully saturated rings. The van der Waals surface area contributed by atoms with Crippen LogP contribution < -0.4 is 10.1 Å². The summed E-state index contributed by atoms with van der Waals surface area (Å²) < 4.78 is 17.7. The van der Waals surface area contributed by atoms with Crippen LogP contribution in [-0.4, -0.2) is 41.5 Å². The summed E-state index contributed by atoms with van der Waals surface area (Å²) >= 11 is 0. The Balaban J connectivity index is 2.27. The number of methoxy groups -OCH3 is 2. The van der Waals surface area contributed by atoms with Gasteiger partial charge in [-0.3, -0.25) is 4.79 Å². The molecule has 0 radical (unpaired) electrons. The van der Waals surface area contributed by atoms with Crippen LogP contribution in [0.2, 0.25) is 0 Å². The Morgan fingerprint density at radius 1 is 1.14 bits per heavy atom. The predicted octanol–water partition coefficient (Wildman–Crippen LogP) is 2.60. The van der Waals surface area contributed by atoms with Crippen molar-refractivity contribution in [1.82, 2.24) is 15.1 Å². The minimum absolute atomic E-state index is 0.0532. The van der Waals surface area contributed by atoms with E-state index in [1.165, 1.54) is 14.2 Å². The maximum absolute atomic E-state index is 12.8. The summed E-state index contributed by atoms with van der Waals surface area (Å²) in [6, 6.07) is 9.40. The zero-order valence-electron chi connectivity index (χ0n) is 17.4. The number of fused-ring (bicyclic) bond motifs is 1. The number of nitrogens with zero attached hydrogens (tertiary/aromatic N) is 2. The Bertz CT molecular complexity index is 970. The van der Waals surface area contributed by atoms with Gasteiger partial charge in [-0.15, -0.1) is 0 Å². The Labute approximate surface area is 169 Å². The van der Waals surface area contributed by atoms with Crippen LogP contribution in [0.25, 0.3) is 5.69 Å². The van der Waals surface area contributed by atoms with Gasteiger partial charge in [0.1, 0.15) is 11.5 Å². The van der Waals surface area contributed by atoms with Gasteiger partial charge in [0.25, 0.3) is 0 Å². The van der Waals surface area contributed by atoms with Gasteiger partial charge in [-0.05, 0) is 39.8 Å². The maximum atomic E-state index is 12.8. The molecule has 8 heteroatoms. The molecule has 154 valence electrons. The lowest BCUT2D eigenvalue weighted by Gasteiger charge is -2.31. The predicted molar refractivity (Wildman–Crippen MR) is 106 cm³/mol. The summed E-state index contributed by atoms with van der Waals surface area (Å²) in [7, 11) is 2.54. The molecule has 1 atom stereocenters. The number of hydrogen-bond donors (Lipinski definition) is 1. The first kappa shape index (κ1) is 20.4. The number of para-hydroxylation sites is 1. The molecule has 1 aliphatic rings. The van der Waals surface area contributed by atoms with E-state index in [2.05, 4.69) is 10.4 Å². The molecule has 3 rings (SSSR count). The molecule has 0 aliphatic carbocycles. The lowest BCUT2D eigenvalue weighted by Crippen LogP contribution is -2.41. The minimum Gasteiger partial charge on any atom is -0.468 e. The Morgan fingerprint density at radius 2 is 1.79 bits per heavy atom. The topological polar surface area (TPSA) is 91.7 Å². The van der Waals surface area contributed by atoms with Gasteiger partial charge in [-0.2, -0.15) is 5.10 Å². The third-order valence-electron chi connectivity index (χ3n) is 4.41. The van der Waals surface area contributed by atoms with Gasteiger partial charge < -0.3 is 19.5 Å². The number of carbonyl (C=O) groups is 2. The number of aromatic nitrogens is 2. The Morgan fingerprint density at radius 3 is 2.34 bits per heavy atom. The number of rotatable bonds is 4. The van der Waals surface area contributed by atoms with Gasteiger partial charge in [-0.25, -0.2) is 9.48 Å². The van der Waals surface area contributed by atoms with Crippen LogP contribution in [0.15, 0.2) is 41.8 Å². The zero-order valence-corrected chi connectivity index (χ0v) is 17.4. The largest absolute Gasteiger partial charge is 0.468 e. The molecule has 0 saturated carbocycles. The molecule has 2 aromatic rings. The van der Waals surface area contributed by atoms with Crippen molar-refractivity contribution < 1.29 is 23.8 Å². The SMILES string of the molecule is COC(=O)C1=C(NC(C)(C)C)Oc2c(c(C)nn2-c2ccccc2)C1C(=O)OC. The molecule has 1 N–H and O–H groups in total. The molecule has 1 aromatic heterocycles. The summed E-state index contributed by atoms with van der Waals surface area (Å²) in [5.41, 5.74) is 1.39. The Kier molecular flexibility index (Phi) is 5.37. The third-order valence-corrected chi connectivity index (χ3v) is 4.41. The van der Waals surface area contributed by atoms with E-state index in [0.29, 0.717) is 17.1 Å². The molecule has 0 amide bonds. The van der Waals surface area contributed by atoms with E-state index in [1.54, 1.807) is 11.6 Å². The highest BCUT2D eigenvalue weighted by molar-refractivity contribution is 6.00. The molecule has 1 aliphatic heterocycles. The van der Waals surface area contributed by atoms with Crippen molar-refractivity contribution in [3.05, 3.63) is 53.0 Å². The molecule has 1 unspecified atom stereocenters. The molecule has 29 heavy (non-hydrogen) atoms. The van der Waals surface area contributed by atoms with Gasteiger partial charge >= 0.3 is 11.9 Å². The fraction of sp³-hybridized carbons (Fsp3) is 0.381. The summed E-state index contributed by atoms with van der Waals surface area (Å²) in [5.74, 6) is -1.81. The van der Waals surface area contributed by atoms with E-state index in [1.807, 2.05) is 51.1 Å². The first-order chi connectivity index (χ1) is 13.7. The molecule has 0 saturated heterocycles. The van der Waals surface area contributed by atoms with Crippen LogP contribution in [0.4, 0.5) is 0 Å². The van der Waals surface area contributed by atoms with Crippen molar-refractivity contribution in [1.29, 1.82) is 0 Å². The van der Waals surface area contributed by atoms with Crippen molar-refractivity contribution in [2.24, 2.45) is 0 Å². The first-order valence-electron chi connectivity index (χ1n) is 9.19. The van der Waals surface area contributed by atoms with Crippen molar-refractivity contribution in [3.63, 3.8) is 0 Å². The summed E-state index contributed by atoms with van der Waals surface area (Å²) in [4.78, 5) is 25.4. The highest BCUT2D eigenvalue weighted by atomic mass is 16.5. The second-order valence-corrected chi connectivity index (χ2v) is 7.72. The second kappa shape index (κ2) is 7.62. The van der Waals surface area contributed by atoms with E-state index in [4.69, 9.17) is 14.2 Å². The molecule has 0 spiro atoms. The lowest BCUT2D eigenvalue weighted by atomic mass is 9.89. The van der Waals surface area contributed by atoms with Crippen LogP contribution in [0, 0.1) is 6.92 Å². The fourth-order valence-corrected chi connectivity index (χ4v) is 3.23. The third kappa shape index (κ3) is 3.83. The van der Waals surface area contributed by atoms with Crippen molar-refractivity contribution >= 4 is 11.9 Å². The van der Waals surface area contributed by atoms with Crippen molar-refractivity contribution in [2.75, 3.05) is 14.2 Å². The molecule has 2 heterocycles. The number of benzene rings is 1. The smallest absolute Gasteiger partial charge is 0.340 e. The van der Waals surface area contributed by atoms with Crippen LogP contribution in [-0.2, 0) is 19.1 Å². The van der Waals surface area contributed by atoms with Crippen LogP contribution in [0.3, 0.4) is 0 Å². The second-order valence-electron chi connectivity index (χ2n) is 7.72. The highest BCUT2D eigenvalue weighted by Crippen LogP contribution is 2.43. The van der Waals surface area contributed by atoms with Gasteiger partial charge in [0.15, 0.2) is 0 Å². The Hall–Kier alpha value is -3.29. The number of carbonyl (C=O) groups excluding carboxylic acids is 2. The minimum atomic E-state index is -1.03. The lowest BCUT2D eigenvalue weighted by molar-refractivity contribution is -0.145. The van der Waals surface area contributed by atoms with E-state index in [9.17, 15) is 9.59 Å². The summed E-state index contributed by atoms with van der Waals surface area (Å²) in [5, 5.41) is 7.73. The number of ether oxygens (including phenoxy) is 3. The zero-order chi connectivity index (χ0) is 21.3. The number of nitrogens with one attached hydrogen (secondary N) is 1. The van der Waals surface area contributed by atoms with E-state index in [-0.39, 0.29) is 11.5 Å². The van der Waals surface area contributed by atoms with Crippen molar-refractivity contribution in [2.45, 2.75) is 39.2 Å². The van der Waals surface area contributed by atoms with Gasteiger partial charge in [0.2, 0.25) is 11.8 Å². The normalized spacial score (nSPS) is 16.0. The average Bonchev–Trinajstić information content (AvgIpc) is 3.01. The summed E-state index contributed by atoms with van der Waals surface area (Å²) in [6.45, 7) is 7.51. The highest BCUT2D eigenvalue weighted by Gasteiger charge is 2.44. The molecule has 0 bridgehead atoms. The first-order valence-corrected chi connectivity index (χ1v) is 9.19.